The molecule has 1 atom stereocenters. The maximum atomic E-state index is 12.6. The standard InChI is InChI=1S/C21H22ClN5O2/c1-15(16-3-5-18(6-4-16)27-8-2-7-24-27)25-20-19(22)13-17(14-23-20)21(28)26-9-11-29-12-10-26/h2-8,13-15H,9-12H2,1H3,(H,23,25). The van der Waals surface area contributed by atoms with Crippen molar-refractivity contribution in [1.82, 2.24) is 19.7 Å². The predicted molar refractivity (Wildman–Crippen MR) is 112 cm³/mol. The quantitative estimate of drug-likeness (QED) is 0.694. The minimum atomic E-state index is -0.0727. The number of anilines is 1. The molecule has 1 fully saturated rings. The highest BCUT2D eigenvalue weighted by Gasteiger charge is 2.20. The van der Waals surface area contributed by atoms with Gasteiger partial charge in [-0.3, -0.25) is 4.79 Å². The van der Waals surface area contributed by atoms with E-state index >= 15 is 0 Å². The van der Waals surface area contributed by atoms with Crippen LogP contribution in [0.15, 0.2) is 55.0 Å². The molecule has 0 saturated carbocycles. The topological polar surface area (TPSA) is 72.3 Å². The average molecular weight is 412 g/mol. The maximum Gasteiger partial charge on any atom is 0.255 e. The Morgan fingerprint density at radius 2 is 2.00 bits per heavy atom. The smallest absolute Gasteiger partial charge is 0.255 e. The van der Waals surface area contributed by atoms with Gasteiger partial charge in [-0.05, 0) is 36.8 Å². The lowest BCUT2D eigenvalue weighted by molar-refractivity contribution is 0.0302. The Bertz CT molecular complexity index is 969. The van der Waals surface area contributed by atoms with Gasteiger partial charge >= 0.3 is 0 Å². The van der Waals surface area contributed by atoms with Crippen LogP contribution in [-0.4, -0.2) is 51.9 Å². The van der Waals surface area contributed by atoms with E-state index in [1.165, 1.54) is 0 Å². The van der Waals surface area contributed by atoms with Crippen molar-refractivity contribution in [3.63, 3.8) is 0 Å². The second kappa shape index (κ2) is 8.63. The lowest BCUT2D eigenvalue weighted by Crippen LogP contribution is -2.40. The van der Waals surface area contributed by atoms with Crippen molar-refractivity contribution in [2.24, 2.45) is 0 Å². The zero-order valence-electron chi connectivity index (χ0n) is 16.1. The number of aromatic nitrogens is 3. The third kappa shape index (κ3) is 4.41. The molecule has 1 aliphatic rings. The van der Waals surface area contributed by atoms with Crippen molar-refractivity contribution in [3.8, 4) is 5.69 Å². The number of hydrogen-bond donors (Lipinski definition) is 1. The number of ether oxygens (including phenoxy) is 1. The molecule has 7 nitrogen and oxygen atoms in total. The molecular weight excluding hydrogens is 390 g/mol. The number of pyridine rings is 1. The SMILES string of the molecule is CC(Nc1ncc(C(=O)N2CCOCC2)cc1Cl)c1ccc(-n2cccn2)cc1. The number of carbonyl (C=O) groups excluding carboxylic acids is 1. The first-order valence-corrected chi connectivity index (χ1v) is 9.89. The number of amides is 1. The lowest BCUT2D eigenvalue weighted by atomic mass is 10.1. The lowest BCUT2D eigenvalue weighted by Gasteiger charge is -2.27. The van der Waals surface area contributed by atoms with Gasteiger partial charge in [0, 0.05) is 37.7 Å². The summed E-state index contributed by atoms with van der Waals surface area (Å²) in [4.78, 5) is 18.7. The molecule has 1 amide bonds. The van der Waals surface area contributed by atoms with E-state index < -0.39 is 0 Å². The number of carbonyl (C=O) groups is 1. The molecule has 0 bridgehead atoms. The van der Waals surface area contributed by atoms with Crippen LogP contribution in [-0.2, 0) is 4.74 Å². The molecule has 150 valence electrons. The second-order valence-corrected chi connectivity index (χ2v) is 7.27. The third-order valence-corrected chi connectivity index (χ3v) is 5.19. The molecule has 4 rings (SSSR count). The van der Waals surface area contributed by atoms with Gasteiger partial charge in [0.25, 0.3) is 5.91 Å². The summed E-state index contributed by atoms with van der Waals surface area (Å²) in [6, 6.07) is 11.7. The van der Waals surface area contributed by atoms with E-state index in [-0.39, 0.29) is 11.9 Å². The van der Waals surface area contributed by atoms with Crippen molar-refractivity contribution < 1.29 is 9.53 Å². The summed E-state index contributed by atoms with van der Waals surface area (Å²) in [5, 5.41) is 7.97. The van der Waals surface area contributed by atoms with Gasteiger partial charge in [-0.2, -0.15) is 5.10 Å². The largest absolute Gasteiger partial charge is 0.378 e. The Kier molecular flexibility index (Phi) is 5.78. The summed E-state index contributed by atoms with van der Waals surface area (Å²) in [6.45, 7) is 4.32. The average Bonchev–Trinajstić information content (AvgIpc) is 3.30. The Labute approximate surface area is 174 Å². The molecule has 0 radical (unpaired) electrons. The zero-order chi connectivity index (χ0) is 20.2. The van der Waals surface area contributed by atoms with Gasteiger partial charge in [0.1, 0.15) is 5.82 Å². The van der Waals surface area contributed by atoms with E-state index in [1.807, 2.05) is 48.1 Å². The van der Waals surface area contributed by atoms with Crippen molar-refractivity contribution in [1.29, 1.82) is 0 Å². The highest BCUT2D eigenvalue weighted by Crippen LogP contribution is 2.26. The van der Waals surface area contributed by atoms with Gasteiger partial charge in [-0.25, -0.2) is 9.67 Å². The Balaban J connectivity index is 1.44. The highest BCUT2D eigenvalue weighted by molar-refractivity contribution is 6.33. The monoisotopic (exact) mass is 411 g/mol. The van der Waals surface area contributed by atoms with Gasteiger partial charge in [0.15, 0.2) is 0 Å². The van der Waals surface area contributed by atoms with Crippen LogP contribution >= 0.6 is 11.6 Å². The molecule has 0 aliphatic carbocycles. The fourth-order valence-corrected chi connectivity index (χ4v) is 3.46. The van der Waals surface area contributed by atoms with E-state index in [2.05, 4.69) is 15.4 Å². The zero-order valence-corrected chi connectivity index (χ0v) is 16.8. The number of rotatable bonds is 5. The summed E-state index contributed by atoms with van der Waals surface area (Å²) >= 11 is 6.40. The van der Waals surface area contributed by atoms with Crippen LogP contribution in [0.3, 0.4) is 0 Å². The Morgan fingerprint density at radius 3 is 2.66 bits per heavy atom. The molecule has 1 aliphatic heterocycles. The van der Waals surface area contributed by atoms with Crippen LogP contribution in [0.2, 0.25) is 5.02 Å². The molecular formula is C21H22ClN5O2. The molecule has 0 spiro atoms. The van der Waals surface area contributed by atoms with Crippen LogP contribution in [0.1, 0.15) is 28.9 Å². The van der Waals surface area contributed by atoms with E-state index in [1.54, 1.807) is 23.4 Å². The minimum Gasteiger partial charge on any atom is -0.378 e. The van der Waals surface area contributed by atoms with E-state index in [9.17, 15) is 4.79 Å². The molecule has 29 heavy (non-hydrogen) atoms. The van der Waals surface area contributed by atoms with Gasteiger partial charge < -0.3 is 15.0 Å². The predicted octanol–water partition coefficient (Wildman–Crippen LogP) is 3.57. The number of hydrogen-bond acceptors (Lipinski definition) is 5. The van der Waals surface area contributed by atoms with Crippen LogP contribution in [0.25, 0.3) is 5.69 Å². The van der Waals surface area contributed by atoms with E-state index in [0.717, 1.165) is 11.3 Å². The minimum absolute atomic E-state index is 0.00698. The Morgan fingerprint density at radius 1 is 1.24 bits per heavy atom. The fraction of sp³-hybridized carbons (Fsp3) is 0.286. The number of nitrogens with zero attached hydrogens (tertiary/aromatic N) is 4. The van der Waals surface area contributed by atoms with E-state index in [4.69, 9.17) is 16.3 Å². The van der Waals surface area contributed by atoms with Crippen LogP contribution in [0, 0.1) is 0 Å². The number of nitrogens with one attached hydrogen (secondary N) is 1. The first-order valence-electron chi connectivity index (χ1n) is 9.51. The number of halogens is 1. The summed E-state index contributed by atoms with van der Waals surface area (Å²) in [6.07, 6.45) is 5.22. The molecule has 1 saturated heterocycles. The van der Waals surface area contributed by atoms with Crippen LogP contribution in [0.4, 0.5) is 5.82 Å². The maximum absolute atomic E-state index is 12.6. The van der Waals surface area contributed by atoms with Crippen molar-refractivity contribution in [3.05, 3.63) is 71.1 Å². The van der Waals surface area contributed by atoms with Gasteiger partial charge in [0.05, 0.1) is 29.5 Å². The summed E-state index contributed by atoms with van der Waals surface area (Å²) in [5.74, 6) is 0.477. The normalized spacial score (nSPS) is 15.2. The van der Waals surface area contributed by atoms with Crippen molar-refractivity contribution >= 4 is 23.3 Å². The summed E-state index contributed by atoms with van der Waals surface area (Å²) < 4.78 is 7.10. The molecule has 3 aromatic rings. The highest BCUT2D eigenvalue weighted by atomic mass is 35.5. The summed E-state index contributed by atoms with van der Waals surface area (Å²) in [5.41, 5.74) is 2.57. The fourth-order valence-electron chi connectivity index (χ4n) is 3.24. The molecule has 1 aromatic carbocycles. The van der Waals surface area contributed by atoms with Crippen LogP contribution in [0.5, 0.6) is 0 Å². The second-order valence-electron chi connectivity index (χ2n) is 6.87. The Hall–Kier alpha value is -2.90. The molecule has 8 heteroatoms. The van der Waals surface area contributed by atoms with Gasteiger partial charge in [0.2, 0.25) is 0 Å². The number of morpholine rings is 1. The third-order valence-electron chi connectivity index (χ3n) is 4.90. The van der Waals surface area contributed by atoms with Crippen molar-refractivity contribution in [2.45, 2.75) is 13.0 Å². The van der Waals surface area contributed by atoms with Crippen molar-refractivity contribution in [2.75, 3.05) is 31.6 Å². The summed E-state index contributed by atoms with van der Waals surface area (Å²) in [7, 11) is 0. The first-order chi connectivity index (χ1) is 14.1. The van der Waals surface area contributed by atoms with Crippen LogP contribution < -0.4 is 5.32 Å². The van der Waals surface area contributed by atoms with Gasteiger partial charge in [-0.15, -0.1) is 0 Å². The molecule has 3 heterocycles. The molecule has 2 aromatic heterocycles. The molecule has 1 unspecified atom stereocenters. The molecule has 1 N–H and O–H groups in total. The van der Waals surface area contributed by atoms with E-state index in [0.29, 0.717) is 42.7 Å². The first kappa shape index (κ1) is 19.4. The number of benzene rings is 1. The van der Waals surface area contributed by atoms with Gasteiger partial charge in [-0.1, -0.05) is 23.7 Å².